The van der Waals surface area contributed by atoms with Gasteiger partial charge in [-0.05, 0) is 87.0 Å². The Bertz CT molecular complexity index is 992. The number of ether oxygens (including phenoxy) is 1. The first kappa shape index (κ1) is 23.0. The average molecular weight is 457 g/mol. The Morgan fingerprint density at radius 2 is 1.88 bits per heavy atom. The molecule has 0 radical (unpaired) electrons. The molecule has 0 aromatic heterocycles. The lowest BCUT2D eigenvalue weighted by Crippen LogP contribution is -2.44. The Hall–Kier alpha value is -3.20. The van der Waals surface area contributed by atoms with Crippen LogP contribution in [0.4, 0.5) is 20.6 Å². The van der Waals surface area contributed by atoms with E-state index < -0.39 is 11.0 Å². The molecule has 0 saturated carbocycles. The number of fused-ring (bicyclic) bond motifs is 1. The highest BCUT2D eigenvalue weighted by Gasteiger charge is 2.34. The highest BCUT2D eigenvalue weighted by molar-refractivity contribution is 5.94. The van der Waals surface area contributed by atoms with Gasteiger partial charge in [0.15, 0.2) is 0 Å². The summed E-state index contributed by atoms with van der Waals surface area (Å²) in [6, 6.07) is 10.1. The summed E-state index contributed by atoms with van der Waals surface area (Å²) in [5.74, 6) is 1.02. The summed E-state index contributed by atoms with van der Waals surface area (Å²) in [6.45, 7) is 3.45. The first-order valence-electron chi connectivity index (χ1n) is 11.4. The molecule has 8 nitrogen and oxygen atoms in total. The largest absolute Gasteiger partial charge is 0.494 e. The highest BCUT2D eigenvalue weighted by Crippen LogP contribution is 2.36. The number of piperidine rings is 1. The van der Waals surface area contributed by atoms with E-state index in [4.69, 9.17) is 10.5 Å². The number of amides is 2. The van der Waals surface area contributed by atoms with Crippen molar-refractivity contribution in [3.8, 4) is 5.75 Å². The smallest absolute Gasteiger partial charge is 0.319 e. The van der Waals surface area contributed by atoms with Crippen molar-refractivity contribution in [1.82, 2.24) is 4.90 Å². The molecular weight excluding hydrogens is 427 g/mol. The molecule has 33 heavy (non-hydrogen) atoms. The molecule has 2 aliphatic heterocycles. The van der Waals surface area contributed by atoms with Crippen LogP contribution in [-0.4, -0.2) is 48.1 Å². The van der Waals surface area contributed by atoms with Gasteiger partial charge in [-0.15, -0.1) is 0 Å². The topological polar surface area (TPSA) is 102 Å². The Morgan fingerprint density at radius 1 is 1.15 bits per heavy atom. The van der Waals surface area contributed by atoms with Gasteiger partial charge in [0.1, 0.15) is 11.6 Å². The maximum Gasteiger partial charge on any atom is 0.319 e. The average Bonchev–Trinajstić information content (AvgIpc) is 3.17. The number of primary amides is 1. The fourth-order valence-corrected chi connectivity index (χ4v) is 4.86. The van der Waals surface area contributed by atoms with Crippen molar-refractivity contribution < 1.29 is 18.8 Å². The van der Waals surface area contributed by atoms with Gasteiger partial charge in [0.25, 0.3) is 5.69 Å². The van der Waals surface area contributed by atoms with Crippen LogP contribution in [0, 0.1) is 21.8 Å². The molecule has 0 aliphatic carbocycles. The lowest BCUT2D eigenvalue weighted by Gasteiger charge is -2.33. The maximum atomic E-state index is 13.0. The summed E-state index contributed by atoms with van der Waals surface area (Å²) in [5.41, 5.74) is 7.14. The number of likely N-dealkylation sites (tertiary alicyclic amines) is 1. The minimum Gasteiger partial charge on any atom is -0.494 e. The van der Waals surface area contributed by atoms with E-state index in [9.17, 15) is 19.3 Å². The Labute approximate surface area is 192 Å². The fraction of sp³-hybridized carbons (Fsp3) is 0.458. The molecule has 2 amide bonds. The second kappa shape index (κ2) is 10.2. The van der Waals surface area contributed by atoms with Gasteiger partial charge in [-0.3, -0.25) is 15.0 Å². The number of hydrogen-bond donors (Lipinski definition) is 1. The predicted octanol–water partition coefficient (Wildman–Crippen LogP) is 4.11. The summed E-state index contributed by atoms with van der Waals surface area (Å²) in [7, 11) is 0. The number of hydrogen-bond acceptors (Lipinski definition) is 5. The first-order chi connectivity index (χ1) is 15.9. The molecule has 1 atom stereocenters. The van der Waals surface area contributed by atoms with Gasteiger partial charge in [0, 0.05) is 30.4 Å². The second-order valence-electron chi connectivity index (χ2n) is 8.80. The van der Waals surface area contributed by atoms with Crippen molar-refractivity contribution in [3.63, 3.8) is 0 Å². The van der Waals surface area contributed by atoms with E-state index >= 15 is 0 Å². The molecule has 2 aromatic rings. The number of anilines is 1. The number of non-ortho nitro benzene ring substituents is 1. The standard InChI is InChI=1S/C24H29FN4O4/c25-19-1-4-22(5-2-19)33-14-10-17-7-11-27(12-8-17)13-9-20-15-18-16-21(29(31)32)3-6-23(18)28(20)24(26)30/h1-6,16-17,20H,7-15H2,(H2,26,30). The number of rotatable bonds is 8. The fourth-order valence-electron chi connectivity index (χ4n) is 4.86. The summed E-state index contributed by atoms with van der Waals surface area (Å²) in [6.07, 6.45) is 4.49. The molecule has 2 N–H and O–H groups in total. The Balaban J connectivity index is 1.22. The van der Waals surface area contributed by atoms with Gasteiger partial charge < -0.3 is 15.4 Å². The number of nitrogens with two attached hydrogens (primary N) is 1. The van der Waals surface area contributed by atoms with Gasteiger partial charge in [0.2, 0.25) is 0 Å². The lowest BCUT2D eigenvalue weighted by molar-refractivity contribution is -0.384. The van der Waals surface area contributed by atoms with Crippen LogP contribution in [0.3, 0.4) is 0 Å². The normalized spacial score (nSPS) is 18.8. The quantitative estimate of drug-likeness (QED) is 0.476. The highest BCUT2D eigenvalue weighted by atomic mass is 19.1. The molecule has 9 heteroatoms. The minimum absolute atomic E-state index is 0.0318. The number of carbonyl (C=O) groups is 1. The van der Waals surface area contributed by atoms with E-state index in [2.05, 4.69) is 4.90 Å². The van der Waals surface area contributed by atoms with Crippen molar-refractivity contribution in [2.45, 2.75) is 38.1 Å². The molecule has 0 spiro atoms. The number of urea groups is 1. The minimum atomic E-state index is -0.521. The SMILES string of the molecule is NC(=O)N1c2ccc([N+](=O)[O-])cc2CC1CCN1CCC(CCOc2ccc(F)cc2)CC1. The molecule has 2 aromatic carbocycles. The van der Waals surface area contributed by atoms with E-state index in [1.54, 1.807) is 29.2 Å². The van der Waals surface area contributed by atoms with Crippen LogP contribution in [-0.2, 0) is 6.42 Å². The summed E-state index contributed by atoms with van der Waals surface area (Å²) >= 11 is 0. The van der Waals surface area contributed by atoms with Crippen LogP contribution in [0.1, 0.15) is 31.2 Å². The van der Waals surface area contributed by atoms with Crippen molar-refractivity contribution in [3.05, 3.63) is 64.0 Å². The van der Waals surface area contributed by atoms with E-state index in [1.807, 2.05) is 0 Å². The number of nitro groups is 1. The summed E-state index contributed by atoms with van der Waals surface area (Å²) in [4.78, 5) is 26.7. The van der Waals surface area contributed by atoms with Crippen LogP contribution in [0.5, 0.6) is 5.75 Å². The van der Waals surface area contributed by atoms with Crippen LogP contribution >= 0.6 is 0 Å². The van der Waals surface area contributed by atoms with Gasteiger partial charge in [-0.2, -0.15) is 0 Å². The molecule has 2 heterocycles. The second-order valence-corrected chi connectivity index (χ2v) is 8.80. The molecule has 1 saturated heterocycles. The van der Waals surface area contributed by atoms with E-state index in [1.165, 1.54) is 18.2 Å². The number of nitro benzene ring substituents is 1. The zero-order valence-electron chi connectivity index (χ0n) is 18.5. The predicted molar refractivity (Wildman–Crippen MR) is 123 cm³/mol. The van der Waals surface area contributed by atoms with E-state index in [0.29, 0.717) is 30.4 Å². The van der Waals surface area contributed by atoms with Gasteiger partial charge in [0.05, 0.1) is 11.5 Å². The third-order valence-electron chi connectivity index (χ3n) is 6.69. The molecule has 0 bridgehead atoms. The van der Waals surface area contributed by atoms with Crippen molar-refractivity contribution in [1.29, 1.82) is 0 Å². The van der Waals surface area contributed by atoms with Gasteiger partial charge in [-0.25, -0.2) is 9.18 Å². The van der Waals surface area contributed by atoms with Crippen molar-refractivity contribution >= 4 is 17.4 Å². The lowest BCUT2D eigenvalue weighted by atomic mass is 9.93. The van der Waals surface area contributed by atoms with Crippen LogP contribution in [0.25, 0.3) is 0 Å². The zero-order chi connectivity index (χ0) is 23.4. The molecule has 1 fully saturated rings. The summed E-state index contributed by atoms with van der Waals surface area (Å²) in [5, 5.41) is 11.1. The number of nitrogens with zero attached hydrogens (tertiary/aromatic N) is 3. The summed E-state index contributed by atoms with van der Waals surface area (Å²) < 4.78 is 18.7. The maximum absolute atomic E-state index is 13.0. The van der Waals surface area contributed by atoms with Crippen LogP contribution in [0.2, 0.25) is 0 Å². The zero-order valence-corrected chi connectivity index (χ0v) is 18.5. The van der Waals surface area contributed by atoms with Crippen molar-refractivity contribution in [2.24, 2.45) is 11.7 Å². The molecule has 1 unspecified atom stereocenters. The van der Waals surface area contributed by atoms with Gasteiger partial charge in [-0.1, -0.05) is 0 Å². The third kappa shape index (κ3) is 5.60. The van der Waals surface area contributed by atoms with Gasteiger partial charge >= 0.3 is 6.03 Å². The number of benzene rings is 2. The van der Waals surface area contributed by atoms with E-state index in [0.717, 1.165) is 50.9 Å². The van der Waals surface area contributed by atoms with Crippen molar-refractivity contribution in [2.75, 3.05) is 31.1 Å². The number of carbonyl (C=O) groups excluding carboxylic acids is 1. The first-order valence-corrected chi connectivity index (χ1v) is 11.4. The third-order valence-corrected chi connectivity index (χ3v) is 6.69. The molecular formula is C24H29FN4O4. The monoisotopic (exact) mass is 456 g/mol. The van der Waals surface area contributed by atoms with Crippen LogP contribution < -0.4 is 15.4 Å². The number of halogens is 1. The Morgan fingerprint density at radius 3 is 2.55 bits per heavy atom. The molecule has 2 aliphatic rings. The van der Waals surface area contributed by atoms with E-state index in [-0.39, 0.29) is 17.5 Å². The Kier molecular flexibility index (Phi) is 7.08. The van der Waals surface area contributed by atoms with Crippen LogP contribution in [0.15, 0.2) is 42.5 Å². The molecule has 4 rings (SSSR count). The molecule has 176 valence electrons.